The van der Waals surface area contributed by atoms with Gasteiger partial charge in [0.2, 0.25) is 5.91 Å². The summed E-state index contributed by atoms with van der Waals surface area (Å²) >= 11 is 0. The number of nitrogens with zero attached hydrogens (tertiary/aromatic N) is 1. The van der Waals surface area contributed by atoms with Crippen LogP contribution >= 0.6 is 24.8 Å². The molecule has 0 aromatic carbocycles. The molecule has 26 heavy (non-hydrogen) atoms. The number of fused-ring (bicyclic) bond motifs is 2. The van der Waals surface area contributed by atoms with Gasteiger partial charge in [0.05, 0.1) is 0 Å². The van der Waals surface area contributed by atoms with Crippen molar-refractivity contribution >= 4 is 30.7 Å². The molecule has 0 aromatic heterocycles. The third kappa shape index (κ3) is 5.06. The number of hydrogen-bond donors (Lipinski definition) is 2. The standard InChI is InChI=1S/C20H37N3O.2ClH/c1-14-6-5-9-20(12-14,23(2)3)13-22-19(24)17-10-15-7-4-8-16(11-17)18(15)21;;/h14-18H,4-13,21H2,1-3H3,(H,22,24);2*1H. The fraction of sp³-hybridized carbons (Fsp3) is 0.950. The van der Waals surface area contributed by atoms with Gasteiger partial charge in [-0.25, -0.2) is 0 Å². The minimum absolute atomic E-state index is 0. The summed E-state index contributed by atoms with van der Waals surface area (Å²) in [5.41, 5.74) is 6.52. The Morgan fingerprint density at radius 3 is 2.27 bits per heavy atom. The molecule has 3 N–H and O–H groups in total. The van der Waals surface area contributed by atoms with Gasteiger partial charge in [0, 0.05) is 24.0 Å². The zero-order valence-electron chi connectivity index (χ0n) is 16.7. The van der Waals surface area contributed by atoms with E-state index >= 15 is 0 Å². The molecule has 0 spiro atoms. The largest absolute Gasteiger partial charge is 0.354 e. The zero-order chi connectivity index (χ0) is 17.3. The van der Waals surface area contributed by atoms with Gasteiger partial charge >= 0.3 is 0 Å². The first kappa shape index (κ1) is 24.0. The Bertz CT molecular complexity index is 448. The van der Waals surface area contributed by atoms with Crippen molar-refractivity contribution in [1.82, 2.24) is 10.2 Å². The number of carbonyl (C=O) groups excluding carboxylic acids is 1. The van der Waals surface area contributed by atoms with Crippen molar-refractivity contribution in [3.05, 3.63) is 0 Å². The van der Waals surface area contributed by atoms with E-state index in [1.54, 1.807) is 0 Å². The summed E-state index contributed by atoms with van der Waals surface area (Å²) in [6, 6.07) is 0.343. The van der Waals surface area contributed by atoms with Gasteiger partial charge in [-0.3, -0.25) is 4.79 Å². The van der Waals surface area contributed by atoms with E-state index in [1.165, 1.54) is 44.9 Å². The molecule has 1 amide bonds. The maximum atomic E-state index is 12.9. The van der Waals surface area contributed by atoms with Crippen LogP contribution in [0.5, 0.6) is 0 Å². The number of rotatable bonds is 4. The summed E-state index contributed by atoms with van der Waals surface area (Å²) in [5.74, 6) is 2.39. The topological polar surface area (TPSA) is 58.4 Å². The molecule has 0 aromatic rings. The number of nitrogens with two attached hydrogens (primary N) is 1. The summed E-state index contributed by atoms with van der Waals surface area (Å²) < 4.78 is 0. The Hall–Kier alpha value is -0.0300. The molecule has 154 valence electrons. The van der Waals surface area contributed by atoms with Crippen LogP contribution in [0.3, 0.4) is 0 Å². The highest BCUT2D eigenvalue weighted by Gasteiger charge is 2.42. The van der Waals surface area contributed by atoms with Crippen LogP contribution in [0.1, 0.15) is 64.7 Å². The minimum Gasteiger partial charge on any atom is -0.354 e. The highest BCUT2D eigenvalue weighted by molar-refractivity contribution is 5.85. The lowest BCUT2D eigenvalue weighted by Gasteiger charge is -2.46. The van der Waals surface area contributed by atoms with Crippen LogP contribution in [0.4, 0.5) is 0 Å². The van der Waals surface area contributed by atoms with Gasteiger partial charge in [0.15, 0.2) is 0 Å². The second kappa shape index (κ2) is 9.95. The van der Waals surface area contributed by atoms with Crippen molar-refractivity contribution < 1.29 is 4.79 Å². The molecule has 4 unspecified atom stereocenters. The lowest BCUT2D eigenvalue weighted by molar-refractivity contribution is -0.128. The molecule has 4 atom stereocenters. The number of likely N-dealkylation sites (N-methyl/N-ethyl adjacent to an activating group) is 1. The maximum Gasteiger partial charge on any atom is 0.223 e. The number of amides is 1. The first-order valence-corrected chi connectivity index (χ1v) is 10.1. The van der Waals surface area contributed by atoms with E-state index in [9.17, 15) is 4.79 Å². The molecule has 3 saturated carbocycles. The van der Waals surface area contributed by atoms with E-state index in [0.717, 1.165) is 25.3 Å². The minimum atomic E-state index is 0. The van der Waals surface area contributed by atoms with Crippen LogP contribution in [-0.4, -0.2) is 43.0 Å². The second-order valence-electron chi connectivity index (χ2n) is 9.23. The van der Waals surface area contributed by atoms with Crippen LogP contribution in [0.2, 0.25) is 0 Å². The van der Waals surface area contributed by atoms with Gasteiger partial charge < -0.3 is 16.0 Å². The monoisotopic (exact) mass is 407 g/mol. The van der Waals surface area contributed by atoms with E-state index in [0.29, 0.717) is 23.8 Å². The first-order valence-electron chi connectivity index (χ1n) is 10.1. The van der Waals surface area contributed by atoms with Gasteiger partial charge in [-0.05, 0) is 70.4 Å². The molecular weight excluding hydrogens is 369 g/mol. The van der Waals surface area contributed by atoms with Gasteiger partial charge in [-0.15, -0.1) is 24.8 Å². The van der Waals surface area contributed by atoms with Crippen LogP contribution in [0, 0.1) is 23.7 Å². The molecule has 0 saturated heterocycles. The quantitative estimate of drug-likeness (QED) is 0.747. The molecule has 3 rings (SSSR count). The van der Waals surface area contributed by atoms with Crippen LogP contribution < -0.4 is 11.1 Å². The predicted molar refractivity (Wildman–Crippen MR) is 113 cm³/mol. The molecule has 0 heterocycles. The van der Waals surface area contributed by atoms with Crippen molar-refractivity contribution in [2.45, 2.75) is 76.3 Å². The molecule has 3 fully saturated rings. The smallest absolute Gasteiger partial charge is 0.223 e. The highest BCUT2D eigenvalue weighted by atomic mass is 35.5. The predicted octanol–water partition coefficient (Wildman–Crippen LogP) is 3.61. The Morgan fingerprint density at radius 2 is 1.73 bits per heavy atom. The normalized spacial score (nSPS) is 39.5. The molecule has 3 aliphatic carbocycles. The maximum absolute atomic E-state index is 12.9. The third-order valence-corrected chi connectivity index (χ3v) is 7.39. The van der Waals surface area contributed by atoms with Crippen molar-refractivity contribution in [3.8, 4) is 0 Å². The van der Waals surface area contributed by atoms with E-state index < -0.39 is 0 Å². The number of carbonyl (C=O) groups is 1. The summed E-state index contributed by atoms with van der Waals surface area (Å²) in [6.07, 6.45) is 10.8. The average Bonchev–Trinajstić information content (AvgIpc) is 2.52. The van der Waals surface area contributed by atoms with Gasteiger partial charge in [-0.1, -0.05) is 26.2 Å². The first-order chi connectivity index (χ1) is 11.4. The fourth-order valence-corrected chi connectivity index (χ4v) is 5.76. The van der Waals surface area contributed by atoms with Gasteiger partial charge in [0.25, 0.3) is 0 Å². The lowest BCUT2D eigenvalue weighted by atomic mass is 9.65. The number of nitrogens with one attached hydrogen (secondary N) is 1. The molecular formula is C20H39Cl2N3O. The molecule has 0 radical (unpaired) electrons. The summed E-state index contributed by atoms with van der Waals surface area (Å²) in [5, 5.41) is 3.35. The molecule has 0 aliphatic heterocycles. The van der Waals surface area contributed by atoms with Crippen LogP contribution in [0.25, 0.3) is 0 Å². The van der Waals surface area contributed by atoms with Crippen molar-refractivity contribution in [3.63, 3.8) is 0 Å². The van der Waals surface area contributed by atoms with Gasteiger partial charge in [-0.2, -0.15) is 0 Å². The Labute approximate surface area is 172 Å². The SMILES string of the molecule is CC1CCCC(CNC(=O)C2CC3CCCC(C2)C3N)(N(C)C)C1.Cl.Cl. The highest BCUT2D eigenvalue weighted by Crippen LogP contribution is 2.42. The fourth-order valence-electron chi connectivity index (χ4n) is 5.76. The average molecular weight is 408 g/mol. The van der Waals surface area contributed by atoms with Crippen molar-refractivity contribution in [2.75, 3.05) is 20.6 Å². The number of halogens is 2. The zero-order valence-corrected chi connectivity index (χ0v) is 18.3. The Morgan fingerprint density at radius 1 is 1.12 bits per heavy atom. The molecule has 4 nitrogen and oxygen atoms in total. The van der Waals surface area contributed by atoms with Crippen molar-refractivity contribution in [1.29, 1.82) is 0 Å². The molecule has 3 aliphatic rings. The molecule has 6 heteroatoms. The van der Waals surface area contributed by atoms with E-state index in [1.807, 2.05) is 0 Å². The van der Waals surface area contributed by atoms with Gasteiger partial charge in [0.1, 0.15) is 0 Å². The van der Waals surface area contributed by atoms with Crippen LogP contribution in [0.15, 0.2) is 0 Å². The second-order valence-corrected chi connectivity index (χ2v) is 9.23. The van der Waals surface area contributed by atoms with E-state index in [4.69, 9.17) is 5.73 Å². The summed E-state index contributed by atoms with van der Waals surface area (Å²) in [4.78, 5) is 15.2. The third-order valence-electron chi connectivity index (χ3n) is 7.39. The van der Waals surface area contributed by atoms with Crippen molar-refractivity contribution in [2.24, 2.45) is 29.4 Å². The summed E-state index contributed by atoms with van der Waals surface area (Å²) in [6.45, 7) is 3.16. The molecule has 2 bridgehead atoms. The number of hydrogen-bond acceptors (Lipinski definition) is 3. The van der Waals surface area contributed by atoms with E-state index in [2.05, 4.69) is 31.2 Å². The lowest BCUT2D eigenvalue weighted by Crippen LogP contribution is -2.56. The Kier molecular flexibility index (Phi) is 9.19. The Balaban J connectivity index is 0.00000169. The van der Waals surface area contributed by atoms with Crippen LogP contribution in [-0.2, 0) is 4.79 Å². The van der Waals surface area contributed by atoms with E-state index in [-0.39, 0.29) is 36.3 Å². The summed E-state index contributed by atoms with van der Waals surface area (Å²) in [7, 11) is 4.35.